The molecule has 1 heterocycles. The van der Waals surface area contributed by atoms with Gasteiger partial charge in [0.1, 0.15) is 11.5 Å². The Hall–Kier alpha value is -0.970. The molecule has 0 aliphatic carbocycles. The van der Waals surface area contributed by atoms with E-state index in [1.165, 1.54) is 0 Å². The van der Waals surface area contributed by atoms with Crippen molar-refractivity contribution < 1.29 is 17.6 Å². The molecule has 1 rings (SSSR count). The Bertz CT molecular complexity index is 371. The van der Waals surface area contributed by atoms with E-state index in [1.807, 2.05) is 26.8 Å². The summed E-state index contributed by atoms with van der Waals surface area (Å²) >= 11 is 0. The van der Waals surface area contributed by atoms with Gasteiger partial charge in [-0.1, -0.05) is 0 Å². The Morgan fingerprint density at radius 1 is 1.28 bits per heavy atom. The second-order valence-corrected chi connectivity index (χ2v) is 4.62. The van der Waals surface area contributed by atoms with Crippen LogP contribution in [0, 0.1) is 13.8 Å². The van der Waals surface area contributed by atoms with Crippen LogP contribution in [0.5, 0.6) is 0 Å². The van der Waals surface area contributed by atoms with Crippen molar-refractivity contribution in [3.63, 3.8) is 0 Å². The minimum atomic E-state index is -4.04. The van der Waals surface area contributed by atoms with Crippen molar-refractivity contribution in [1.29, 1.82) is 0 Å². The zero-order valence-electron chi connectivity index (χ0n) is 11.0. The van der Waals surface area contributed by atoms with Crippen molar-refractivity contribution in [1.82, 2.24) is 5.32 Å². The Balaban J connectivity index is 2.26. The molecule has 1 unspecified atom stereocenters. The highest BCUT2D eigenvalue weighted by Gasteiger charge is 2.25. The molecule has 0 spiro atoms. The van der Waals surface area contributed by atoms with Crippen LogP contribution in [0.25, 0.3) is 0 Å². The fourth-order valence-electron chi connectivity index (χ4n) is 1.96. The lowest BCUT2D eigenvalue weighted by Crippen LogP contribution is -2.20. The van der Waals surface area contributed by atoms with Gasteiger partial charge in [0, 0.05) is 18.0 Å². The average Bonchev–Trinajstić information content (AvgIpc) is 2.55. The second kappa shape index (κ2) is 6.27. The Morgan fingerprint density at radius 3 is 2.44 bits per heavy atom. The normalized spacial score (nSPS) is 13.9. The molecule has 104 valence electrons. The number of hydrogen-bond acceptors (Lipinski definition) is 2. The fourth-order valence-corrected chi connectivity index (χ4v) is 1.96. The molecule has 0 saturated heterocycles. The zero-order chi connectivity index (χ0) is 13.8. The highest BCUT2D eigenvalue weighted by molar-refractivity contribution is 5.23. The van der Waals surface area contributed by atoms with Crippen LogP contribution in [0.3, 0.4) is 0 Å². The lowest BCUT2D eigenvalue weighted by atomic mass is 10.1. The molecule has 2 nitrogen and oxygen atoms in total. The van der Waals surface area contributed by atoms with Crippen LogP contribution in [0.1, 0.15) is 49.3 Å². The molecule has 0 aromatic carbocycles. The van der Waals surface area contributed by atoms with Crippen LogP contribution >= 0.6 is 0 Å². The minimum absolute atomic E-state index is 0.105. The van der Waals surface area contributed by atoms with Gasteiger partial charge in [-0.15, -0.1) is 0 Å². The summed E-state index contributed by atoms with van der Waals surface area (Å²) in [5, 5.41) is 3.21. The minimum Gasteiger partial charge on any atom is -0.466 e. The predicted molar refractivity (Wildman–Crippen MR) is 64.5 cm³/mol. The van der Waals surface area contributed by atoms with Gasteiger partial charge < -0.3 is 9.73 Å². The first kappa shape index (κ1) is 15.1. The van der Waals surface area contributed by atoms with E-state index in [0.717, 1.165) is 17.1 Å². The zero-order valence-corrected chi connectivity index (χ0v) is 11.0. The summed E-state index contributed by atoms with van der Waals surface area (Å²) in [5.74, 6) is 1.72. The standard InChI is InChI=1S/C13H20F3NO/c1-9-8-12(11(3)18-9)10(2)17-7-5-4-6-13(14,15)16/h8,10,17H,4-7H2,1-3H3. The van der Waals surface area contributed by atoms with E-state index in [9.17, 15) is 13.2 Å². The maximum absolute atomic E-state index is 11.9. The summed E-state index contributed by atoms with van der Waals surface area (Å²) in [7, 11) is 0. The molecule has 0 amide bonds. The fraction of sp³-hybridized carbons (Fsp3) is 0.692. The SMILES string of the molecule is Cc1cc(C(C)NCCCCC(F)(F)F)c(C)o1. The van der Waals surface area contributed by atoms with Gasteiger partial charge in [0.05, 0.1) is 0 Å². The number of furan rings is 1. The van der Waals surface area contributed by atoms with Gasteiger partial charge in [-0.05, 0) is 46.2 Å². The molecule has 5 heteroatoms. The van der Waals surface area contributed by atoms with E-state index >= 15 is 0 Å². The van der Waals surface area contributed by atoms with E-state index in [4.69, 9.17) is 4.42 Å². The number of aryl methyl sites for hydroxylation is 2. The molecule has 0 aliphatic rings. The molecule has 1 N–H and O–H groups in total. The van der Waals surface area contributed by atoms with E-state index in [-0.39, 0.29) is 12.5 Å². The number of rotatable bonds is 6. The molecule has 0 radical (unpaired) electrons. The maximum atomic E-state index is 11.9. The van der Waals surface area contributed by atoms with Crippen LogP contribution in [-0.4, -0.2) is 12.7 Å². The molecule has 0 fully saturated rings. The number of nitrogens with one attached hydrogen (secondary N) is 1. The first-order chi connectivity index (χ1) is 8.29. The van der Waals surface area contributed by atoms with Crippen molar-refractivity contribution in [3.8, 4) is 0 Å². The number of halogens is 3. The first-order valence-electron chi connectivity index (χ1n) is 6.16. The van der Waals surface area contributed by atoms with Crippen molar-refractivity contribution in [2.24, 2.45) is 0 Å². The predicted octanol–water partition coefficient (Wildman–Crippen LogP) is 4.28. The molecule has 0 saturated carbocycles. The van der Waals surface area contributed by atoms with Crippen molar-refractivity contribution in [2.45, 2.75) is 52.3 Å². The van der Waals surface area contributed by atoms with Crippen molar-refractivity contribution in [2.75, 3.05) is 6.54 Å². The van der Waals surface area contributed by atoms with Gasteiger partial charge in [0.25, 0.3) is 0 Å². The third-order valence-corrected chi connectivity index (χ3v) is 2.88. The Labute approximate surface area is 106 Å². The lowest BCUT2D eigenvalue weighted by Gasteiger charge is -2.13. The van der Waals surface area contributed by atoms with Crippen molar-refractivity contribution in [3.05, 3.63) is 23.2 Å². The number of unbranched alkanes of at least 4 members (excludes halogenated alkanes) is 1. The molecule has 0 bridgehead atoms. The van der Waals surface area contributed by atoms with Gasteiger partial charge in [-0.25, -0.2) is 0 Å². The third kappa shape index (κ3) is 5.12. The number of hydrogen-bond donors (Lipinski definition) is 1. The smallest absolute Gasteiger partial charge is 0.389 e. The van der Waals surface area contributed by atoms with Crippen LogP contribution < -0.4 is 5.32 Å². The average molecular weight is 263 g/mol. The summed E-state index contributed by atoms with van der Waals surface area (Å²) in [6, 6.07) is 2.07. The Morgan fingerprint density at radius 2 is 1.94 bits per heavy atom. The van der Waals surface area contributed by atoms with Gasteiger partial charge in [0.2, 0.25) is 0 Å². The largest absolute Gasteiger partial charge is 0.466 e. The summed E-state index contributed by atoms with van der Waals surface area (Å²) in [4.78, 5) is 0. The van der Waals surface area contributed by atoms with Crippen LogP contribution in [0.15, 0.2) is 10.5 Å². The second-order valence-electron chi connectivity index (χ2n) is 4.62. The topological polar surface area (TPSA) is 25.2 Å². The molecule has 0 aliphatic heterocycles. The lowest BCUT2D eigenvalue weighted by molar-refractivity contribution is -0.135. The van der Waals surface area contributed by atoms with Crippen LogP contribution in [0.4, 0.5) is 13.2 Å². The highest BCUT2D eigenvalue weighted by atomic mass is 19.4. The molecule has 1 aromatic heterocycles. The van der Waals surface area contributed by atoms with Gasteiger partial charge in [0.15, 0.2) is 0 Å². The summed E-state index contributed by atoms with van der Waals surface area (Å²) in [6.07, 6.45) is -4.04. The van der Waals surface area contributed by atoms with Crippen molar-refractivity contribution >= 4 is 0 Å². The van der Waals surface area contributed by atoms with Gasteiger partial charge >= 0.3 is 6.18 Å². The molecule has 1 aromatic rings. The molecular weight excluding hydrogens is 243 g/mol. The number of alkyl halides is 3. The maximum Gasteiger partial charge on any atom is 0.389 e. The van der Waals surface area contributed by atoms with E-state index in [1.54, 1.807) is 0 Å². The van der Waals surface area contributed by atoms with Crippen LogP contribution in [-0.2, 0) is 0 Å². The van der Waals surface area contributed by atoms with E-state index in [0.29, 0.717) is 13.0 Å². The summed E-state index contributed by atoms with van der Waals surface area (Å²) < 4.78 is 41.2. The molecule has 1 atom stereocenters. The molecule has 18 heavy (non-hydrogen) atoms. The Kier molecular flexibility index (Phi) is 5.26. The summed E-state index contributed by atoms with van der Waals surface area (Å²) in [6.45, 7) is 6.35. The highest BCUT2D eigenvalue weighted by Crippen LogP contribution is 2.23. The van der Waals surface area contributed by atoms with Crippen LogP contribution in [0.2, 0.25) is 0 Å². The van der Waals surface area contributed by atoms with Gasteiger partial charge in [-0.2, -0.15) is 13.2 Å². The summed E-state index contributed by atoms with van der Waals surface area (Å²) in [5.41, 5.74) is 1.07. The first-order valence-corrected chi connectivity index (χ1v) is 6.16. The quantitative estimate of drug-likeness (QED) is 0.775. The third-order valence-electron chi connectivity index (χ3n) is 2.88. The monoisotopic (exact) mass is 263 g/mol. The van der Waals surface area contributed by atoms with Gasteiger partial charge in [-0.3, -0.25) is 0 Å². The molecular formula is C13H20F3NO. The van der Waals surface area contributed by atoms with E-state index in [2.05, 4.69) is 5.32 Å². The van der Waals surface area contributed by atoms with E-state index < -0.39 is 12.6 Å².